The van der Waals surface area contributed by atoms with Crippen molar-refractivity contribution >= 4 is 11.9 Å². The van der Waals surface area contributed by atoms with Gasteiger partial charge in [-0.2, -0.15) is 0 Å². The number of rotatable bonds is 9. The number of carbonyl (C=O) groups excluding carboxylic acids is 1. The van der Waals surface area contributed by atoms with Crippen LogP contribution in [0.1, 0.15) is 44.6 Å². The molecule has 1 aromatic heterocycles. The minimum Gasteiger partial charge on any atom is -0.481 e. The lowest BCUT2D eigenvalue weighted by Gasteiger charge is -2.26. The van der Waals surface area contributed by atoms with E-state index in [2.05, 4.69) is 10.3 Å². The largest absolute Gasteiger partial charge is 0.481 e. The Hall–Kier alpha value is -2.63. The second kappa shape index (κ2) is 8.65. The molecule has 0 spiro atoms. The molecule has 0 aliphatic heterocycles. The molecule has 6 heteroatoms. The number of hydrogen-bond acceptors (Lipinski definition) is 4. The third-order valence-electron chi connectivity index (χ3n) is 4.89. The van der Waals surface area contributed by atoms with Gasteiger partial charge in [0, 0.05) is 24.9 Å². The number of oxazole rings is 1. The van der Waals surface area contributed by atoms with Crippen molar-refractivity contribution in [1.82, 2.24) is 10.3 Å². The molecule has 2 N–H and O–H groups in total. The van der Waals surface area contributed by atoms with E-state index in [1.807, 2.05) is 45.0 Å². The summed E-state index contributed by atoms with van der Waals surface area (Å²) in [7, 11) is 0. The fraction of sp³-hybridized carbons (Fsp3) is 0.450. The van der Waals surface area contributed by atoms with E-state index in [1.165, 1.54) is 5.56 Å². The van der Waals surface area contributed by atoms with E-state index in [0.717, 1.165) is 5.56 Å². The lowest BCUT2D eigenvalue weighted by atomic mass is 9.82. The summed E-state index contributed by atoms with van der Waals surface area (Å²) in [5.74, 6) is 0.0827. The van der Waals surface area contributed by atoms with Gasteiger partial charge in [-0.3, -0.25) is 9.59 Å². The molecule has 2 aromatic rings. The van der Waals surface area contributed by atoms with Gasteiger partial charge < -0.3 is 14.8 Å². The number of carbonyl (C=O) groups is 2. The van der Waals surface area contributed by atoms with Crippen molar-refractivity contribution in [3.63, 3.8) is 0 Å². The molecule has 6 nitrogen and oxygen atoms in total. The molecule has 0 saturated carbocycles. The average Bonchev–Trinajstić information content (AvgIpc) is 3.10. The van der Waals surface area contributed by atoms with Crippen LogP contribution in [0.2, 0.25) is 0 Å². The van der Waals surface area contributed by atoms with Gasteiger partial charge in [-0.05, 0) is 19.8 Å². The second-order valence-electron chi connectivity index (χ2n) is 6.55. The predicted molar refractivity (Wildman–Crippen MR) is 98.7 cm³/mol. The molecular formula is C20H26N2O4. The third kappa shape index (κ3) is 4.71. The smallest absolute Gasteiger partial charge is 0.311 e. The van der Waals surface area contributed by atoms with Crippen molar-refractivity contribution in [3.05, 3.63) is 41.9 Å². The molecule has 0 unspecified atom stereocenters. The number of carboxylic acids is 1. The van der Waals surface area contributed by atoms with Crippen LogP contribution in [0.3, 0.4) is 0 Å². The summed E-state index contributed by atoms with van der Waals surface area (Å²) in [4.78, 5) is 27.7. The van der Waals surface area contributed by atoms with E-state index in [-0.39, 0.29) is 18.9 Å². The Bertz CT molecular complexity index is 745. The third-order valence-corrected chi connectivity index (χ3v) is 4.89. The van der Waals surface area contributed by atoms with Crippen LogP contribution < -0.4 is 5.32 Å². The molecule has 1 aromatic carbocycles. The molecule has 26 heavy (non-hydrogen) atoms. The van der Waals surface area contributed by atoms with Gasteiger partial charge in [-0.25, -0.2) is 4.98 Å². The van der Waals surface area contributed by atoms with Gasteiger partial charge in [-0.1, -0.05) is 43.7 Å². The van der Waals surface area contributed by atoms with E-state index >= 15 is 0 Å². The highest BCUT2D eigenvalue weighted by atomic mass is 16.4. The Balaban J connectivity index is 1.88. The molecule has 0 radical (unpaired) electrons. The van der Waals surface area contributed by atoms with E-state index in [4.69, 9.17) is 4.42 Å². The number of aromatic nitrogens is 1. The average molecular weight is 358 g/mol. The van der Waals surface area contributed by atoms with Crippen LogP contribution >= 0.6 is 0 Å². The zero-order chi connectivity index (χ0) is 19.2. The van der Waals surface area contributed by atoms with Gasteiger partial charge in [-0.15, -0.1) is 0 Å². The Morgan fingerprint density at radius 2 is 1.85 bits per heavy atom. The number of nitrogens with one attached hydrogen (secondary N) is 1. The van der Waals surface area contributed by atoms with Crippen molar-refractivity contribution in [2.45, 2.75) is 46.5 Å². The number of hydrogen-bond donors (Lipinski definition) is 2. The number of aliphatic carboxylic acids is 1. The van der Waals surface area contributed by atoms with Gasteiger partial charge in [0.1, 0.15) is 0 Å². The molecule has 1 heterocycles. The summed E-state index contributed by atoms with van der Waals surface area (Å²) >= 11 is 0. The van der Waals surface area contributed by atoms with Crippen molar-refractivity contribution in [1.29, 1.82) is 0 Å². The molecular weight excluding hydrogens is 332 g/mol. The normalized spacial score (nSPS) is 11.3. The molecule has 0 saturated heterocycles. The van der Waals surface area contributed by atoms with E-state index in [1.54, 1.807) is 6.20 Å². The molecule has 0 fully saturated rings. The maximum atomic E-state index is 12.1. The number of nitrogens with zero attached hydrogens (tertiary/aromatic N) is 1. The zero-order valence-corrected chi connectivity index (χ0v) is 15.5. The zero-order valence-electron chi connectivity index (χ0n) is 15.5. The molecule has 2 rings (SSSR count). The van der Waals surface area contributed by atoms with E-state index in [0.29, 0.717) is 30.9 Å². The Morgan fingerprint density at radius 1 is 1.19 bits per heavy atom. The van der Waals surface area contributed by atoms with Crippen molar-refractivity contribution in [2.75, 3.05) is 6.54 Å². The Kier molecular flexibility index (Phi) is 6.55. The van der Waals surface area contributed by atoms with Crippen LogP contribution in [0.15, 0.2) is 34.9 Å². The fourth-order valence-electron chi connectivity index (χ4n) is 2.73. The molecule has 140 valence electrons. The highest BCUT2D eigenvalue weighted by Crippen LogP contribution is 2.26. The molecule has 0 aliphatic rings. The van der Waals surface area contributed by atoms with E-state index < -0.39 is 11.4 Å². The summed E-state index contributed by atoms with van der Waals surface area (Å²) in [6.45, 7) is 5.80. The number of carboxylic acid groups (broad SMARTS) is 1. The lowest BCUT2D eigenvalue weighted by molar-refractivity contribution is -0.149. The topological polar surface area (TPSA) is 92.4 Å². The van der Waals surface area contributed by atoms with Gasteiger partial charge in [0.2, 0.25) is 5.91 Å². The van der Waals surface area contributed by atoms with Crippen LogP contribution in [-0.2, 0) is 16.0 Å². The summed E-state index contributed by atoms with van der Waals surface area (Å²) < 4.78 is 5.70. The standard InChI is InChI=1S/C20H26N2O4/c1-4-20(5-2,19(24)25)13-22-17(23)10-11-18-21-12-16(26-18)15-8-6-14(3)7-9-15/h6-9,12H,4-5,10-11,13H2,1-3H3,(H,22,23)(H,24,25). The summed E-state index contributed by atoms with van der Waals surface area (Å²) in [6.07, 6.45) is 3.17. The highest BCUT2D eigenvalue weighted by molar-refractivity contribution is 5.79. The fourth-order valence-corrected chi connectivity index (χ4v) is 2.73. The van der Waals surface area contributed by atoms with Gasteiger partial charge in [0.05, 0.1) is 11.6 Å². The molecule has 0 bridgehead atoms. The number of aryl methyl sites for hydroxylation is 2. The van der Waals surface area contributed by atoms with Crippen LogP contribution in [0.25, 0.3) is 11.3 Å². The molecule has 0 atom stereocenters. The lowest BCUT2D eigenvalue weighted by Crippen LogP contribution is -2.42. The highest BCUT2D eigenvalue weighted by Gasteiger charge is 2.35. The van der Waals surface area contributed by atoms with Crippen LogP contribution in [-0.4, -0.2) is 28.5 Å². The SMILES string of the molecule is CCC(CC)(CNC(=O)CCc1ncc(-c2ccc(C)cc2)o1)C(=O)O. The summed E-state index contributed by atoms with van der Waals surface area (Å²) in [6, 6.07) is 7.93. The predicted octanol–water partition coefficient (Wildman–Crippen LogP) is 3.59. The van der Waals surface area contributed by atoms with Crippen LogP contribution in [0.5, 0.6) is 0 Å². The van der Waals surface area contributed by atoms with Gasteiger partial charge in [0.25, 0.3) is 0 Å². The van der Waals surface area contributed by atoms with Crippen molar-refractivity contribution < 1.29 is 19.1 Å². The van der Waals surface area contributed by atoms with Gasteiger partial charge >= 0.3 is 5.97 Å². The maximum Gasteiger partial charge on any atom is 0.311 e. The summed E-state index contributed by atoms with van der Waals surface area (Å²) in [5, 5.41) is 12.1. The van der Waals surface area contributed by atoms with Crippen LogP contribution in [0, 0.1) is 12.3 Å². The first kappa shape index (κ1) is 19.7. The number of amides is 1. The molecule has 1 amide bonds. The van der Waals surface area contributed by atoms with Gasteiger partial charge in [0.15, 0.2) is 11.7 Å². The Labute approximate surface area is 153 Å². The minimum absolute atomic E-state index is 0.133. The van der Waals surface area contributed by atoms with E-state index in [9.17, 15) is 14.7 Å². The van der Waals surface area contributed by atoms with Crippen LogP contribution in [0.4, 0.5) is 0 Å². The Morgan fingerprint density at radius 3 is 2.42 bits per heavy atom. The van der Waals surface area contributed by atoms with Crippen molar-refractivity contribution in [2.24, 2.45) is 5.41 Å². The van der Waals surface area contributed by atoms with Crippen molar-refractivity contribution in [3.8, 4) is 11.3 Å². The minimum atomic E-state index is -0.906. The first-order valence-corrected chi connectivity index (χ1v) is 8.92. The monoisotopic (exact) mass is 358 g/mol. The first-order valence-electron chi connectivity index (χ1n) is 8.92. The summed E-state index contributed by atoms with van der Waals surface area (Å²) in [5.41, 5.74) is 1.20. The number of benzene rings is 1. The first-order chi connectivity index (χ1) is 12.4. The molecule has 0 aliphatic carbocycles. The maximum absolute atomic E-state index is 12.1. The second-order valence-corrected chi connectivity index (χ2v) is 6.55. The quantitative estimate of drug-likeness (QED) is 0.714.